The number of aromatic nitrogens is 5. The lowest BCUT2D eigenvalue weighted by Gasteiger charge is -2.16. The van der Waals surface area contributed by atoms with Crippen LogP contribution < -0.4 is 20.8 Å². The van der Waals surface area contributed by atoms with E-state index >= 15 is 0 Å². The van der Waals surface area contributed by atoms with Gasteiger partial charge in [0.25, 0.3) is 11.6 Å². The number of fused-ring (bicyclic) bond motifs is 2. The maximum Gasteiger partial charge on any atom is 0.299 e. The third-order valence-electron chi connectivity index (χ3n) is 9.10. The van der Waals surface area contributed by atoms with E-state index in [9.17, 15) is 14.7 Å². The Hall–Kier alpha value is -6.82. The summed E-state index contributed by atoms with van der Waals surface area (Å²) in [7, 11) is 0. The number of halogens is 1. The zero-order valence-corrected chi connectivity index (χ0v) is 29.1. The summed E-state index contributed by atoms with van der Waals surface area (Å²) in [6.07, 6.45) is 7.89. The normalized spacial score (nSPS) is 11.8. The van der Waals surface area contributed by atoms with Gasteiger partial charge in [-0.05, 0) is 90.8 Å². The fourth-order valence-electron chi connectivity index (χ4n) is 6.32. The summed E-state index contributed by atoms with van der Waals surface area (Å²) in [5, 5.41) is 18.0. The summed E-state index contributed by atoms with van der Waals surface area (Å²) in [5.41, 5.74) is 14.5. The van der Waals surface area contributed by atoms with Crippen LogP contribution in [0.1, 0.15) is 38.3 Å². The number of nitrogens with zero attached hydrogens (tertiary/aromatic N) is 5. The van der Waals surface area contributed by atoms with Crippen molar-refractivity contribution in [3.63, 3.8) is 0 Å². The molecular weight excluding hydrogens is 688 g/mol. The summed E-state index contributed by atoms with van der Waals surface area (Å²) >= 11 is 6.39. The molecule has 0 aliphatic rings. The van der Waals surface area contributed by atoms with Crippen LogP contribution >= 0.6 is 11.6 Å². The topological polar surface area (TPSA) is 144 Å². The van der Waals surface area contributed by atoms with Gasteiger partial charge in [-0.1, -0.05) is 41.9 Å². The van der Waals surface area contributed by atoms with Crippen molar-refractivity contribution in [2.75, 3.05) is 10.6 Å². The van der Waals surface area contributed by atoms with Crippen molar-refractivity contribution in [3.8, 4) is 28.1 Å². The van der Waals surface area contributed by atoms with Crippen LogP contribution in [0, 0.1) is 6.92 Å². The second kappa shape index (κ2) is 13.7. The standard InChI is InChI=1S/C41H31ClN8O3/c1-25-20-30(15-16-32(25)46-40(52)35-21-45-37-17-13-29(23-49(35)37)33-7-4-5-19-44-33)48-24-36(41(53)47-34-8-3-2-6-31(34)42)50-22-28(14-18-38(48)50)26-9-11-27(12-10-26)39(43)51/h2-24,40,46,52H,1H3,(H2-,43,47,51,53)/p+1. The Morgan fingerprint density at radius 3 is 2.38 bits per heavy atom. The lowest BCUT2D eigenvalue weighted by Crippen LogP contribution is -2.30. The second-order valence-corrected chi connectivity index (χ2v) is 12.9. The molecule has 0 bridgehead atoms. The Balaban J connectivity index is 1.13. The van der Waals surface area contributed by atoms with Crippen LogP contribution in [0.2, 0.25) is 5.02 Å². The van der Waals surface area contributed by atoms with Crippen LogP contribution in [0.4, 0.5) is 11.4 Å². The first-order valence-corrected chi connectivity index (χ1v) is 17.1. The number of hydrogen-bond donors (Lipinski definition) is 4. The summed E-state index contributed by atoms with van der Waals surface area (Å²) in [6, 6.07) is 33.3. The Kier molecular flexibility index (Phi) is 8.63. The van der Waals surface area contributed by atoms with Crippen LogP contribution in [-0.2, 0) is 0 Å². The minimum absolute atomic E-state index is 0.356. The van der Waals surface area contributed by atoms with Crippen LogP contribution in [0.5, 0.6) is 0 Å². The van der Waals surface area contributed by atoms with E-state index in [2.05, 4.69) is 20.6 Å². The number of hydrogen-bond acceptors (Lipinski definition) is 6. The van der Waals surface area contributed by atoms with Crippen molar-refractivity contribution < 1.29 is 19.1 Å². The minimum atomic E-state index is -1.06. The SMILES string of the molecule is Cc1cc(-n2cc(C(=O)Nc3ccccc3Cl)[n+]3cc(-c4ccc(C(N)=O)cc4)ccc23)ccc1NC(O)c1cnc2ccc(-c3ccccn3)cn12. The van der Waals surface area contributed by atoms with Crippen molar-refractivity contribution in [2.24, 2.45) is 5.73 Å². The zero-order chi connectivity index (χ0) is 36.6. The van der Waals surface area contributed by atoms with Crippen LogP contribution in [0.3, 0.4) is 0 Å². The fourth-order valence-corrected chi connectivity index (χ4v) is 6.50. The average Bonchev–Trinajstić information content (AvgIpc) is 3.78. The number of anilines is 2. The van der Waals surface area contributed by atoms with Crippen molar-refractivity contribution in [1.82, 2.24) is 18.9 Å². The molecule has 0 fully saturated rings. The van der Waals surface area contributed by atoms with Gasteiger partial charge in [0, 0.05) is 40.8 Å². The van der Waals surface area contributed by atoms with E-state index in [-0.39, 0.29) is 5.91 Å². The van der Waals surface area contributed by atoms with Crippen LogP contribution in [0.15, 0.2) is 140 Å². The third kappa shape index (κ3) is 6.46. The molecule has 5 heterocycles. The first-order valence-electron chi connectivity index (χ1n) is 16.7. The number of aliphatic hydroxyl groups is 1. The van der Waals surface area contributed by atoms with E-state index in [4.69, 9.17) is 17.3 Å². The number of aliphatic hydroxyl groups excluding tert-OH is 1. The Labute approximate surface area is 308 Å². The number of para-hydroxylation sites is 1. The number of imidazole rings is 2. The molecule has 0 radical (unpaired) electrons. The molecule has 0 saturated heterocycles. The first-order chi connectivity index (χ1) is 25.7. The summed E-state index contributed by atoms with van der Waals surface area (Å²) < 4.78 is 5.60. The number of pyridine rings is 3. The highest BCUT2D eigenvalue weighted by atomic mass is 35.5. The number of nitrogens with two attached hydrogens (primary N) is 1. The van der Waals surface area contributed by atoms with Gasteiger partial charge in [-0.15, -0.1) is 0 Å². The number of carbonyl (C=O) groups excluding carboxylic acids is 2. The number of aryl methyl sites for hydroxylation is 1. The van der Waals surface area contributed by atoms with Crippen LogP contribution in [-0.4, -0.2) is 35.9 Å². The van der Waals surface area contributed by atoms with E-state index in [1.54, 1.807) is 55.0 Å². The van der Waals surface area contributed by atoms with E-state index in [0.29, 0.717) is 33.3 Å². The minimum Gasteiger partial charge on any atom is -0.368 e. The maximum atomic E-state index is 13.8. The molecule has 12 heteroatoms. The second-order valence-electron chi connectivity index (χ2n) is 12.5. The van der Waals surface area contributed by atoms with Gasteiger partial charge in [-0.2, -0.15) is 8.97 Å². The number of carbonyl (C=O) groups is 2. The molecule has 5 N–H and O–H groups in total. The molecule has 5 aromatic heterocycles. The van der Waals surface area contributed by atoms with E-state index in [1.807, 2.05) is 105 Å². The lowest BCUT2D eigenvalue weighted by molar-refractivity contribution is -0.512. The molecule has 53 heavy (non-hydrogen) atoms. The van der Waals surface area contributed by atoms with Gasteiger partial charge in [0.2, 0.25) is 11.6 Å². The highest BCUT2D eigenvalue weighted by Crippen LogP contribution is 2.28. The van der Waals surface area contributed by atoms with E-state index < -0.39 is 12.1 Å². The average molecular weight is 720 g/mol. The molecule has 8 aromatic rings. The molecule has 0 saturated carbocycles. The summed E-state index contributed by atoms with van der Waals surface area (Å²) in [6.45, 7) is 1.95. The van der Waals surface area contributed by atoms with Crippen molar-refractivity contribution in [2.45, 2.75) is 13.2 Å². The highest BCUT2D eigenvalue weighted by Gasteiger charge is 2.26. The van der Waals surface area contributed by atoms with Gasteiger partial charge >= 0.3 is 0 Å². The Bertz CT molecular complexity index is 2670. The molecular formula is C41H32ClN8O3+. The zero-order valence-electron chi connectivity index (χ0n) is 28.3. The van der Waals surface area contributed by atoms with Gasteiger partial charge in [-0.25, -0.2) is 4.98 Å². The molecule has 0 aliphatic heterocycles. The molecule has 11 nitrogen and oxygen atoms in total. The van der Waals surface area contributed by atoms with E-state index in [0.717, 1.165) is 45.0 Å². The Morgan fingerprint density at radius 2 is 1.62 bits per heavy atom. The molecule has 1 unspecified atom stereocenters. The molecule has 0 spiro atoms. The molecule has 8 rings (SSSR count). The molecule has 260 valence electrons. The van der Waals surface area contributed by atoms with Gasteiger partial charge in [-0.3, -0.25) is 19.0 Å². The number of benzene rings is 3. The van der Waals surface area contributed by atoms with Crippen molar-refractivity contribution in [3.05, 3.63) is 168 Å². The number of amides is 2. The predicted octanol–water partition coefficient (Wildman–Crippen LogP) is 7.01. The molecule has 3 aromatic carbocycles. The van der Waals surface area contributed by atoms with Gasteiger partial charge in [0.05, 0.1) is 28.3 Å². The predicted molar refractivity (Wildman–Crippen MR) is 204 cm³/mol. The molecule has 0 aliphatic carbocycles. The van der Waals surface area contributed by atoms with Crippen LogP contribution in [0.25, 0.3) is 39.4 Å². The first kappa shape index (κ1) is 33.3. The van der Waals surface area contributed by atoms with E-state index in [1.165, 1.54) is 0 Å². The quantitative estimate of drug-likeness (QED) is 0.0934. The van der Waals surface area contributed by atoms with Crippen molar-refractivity contribution in [1.29, 1.82) is 0 Å². The maximum absolute atomic E-state index is 13.8. The smallest absolute Gasteiger partial charge is 0.299 e. The van der Waals surface area contributed by atoms with Gasteiger partial charge < -0.3 is 21.5 Å². The highest BCUT2D eigenvalue weighted by molar-refractivity contribution is 6.33. The number of rotatable bonds is 9. The third-order valence-corrected chi connectivity index (χ3v) is 9.43. The molecule has 1 atom stereocenters. The largest absolute Gasteiger partial charge is 0.368 e. The summed E-state index contributed by atoms with van der Waals surface area (Å²) in [4.78, 5) is 34.4. The fraction of sp³-hybridized carbons (Fsp3) is 0.0488. The Morgan fingerprint density at radius 1 is 0.849 bits per heavy atom. The van der Waals surface area contributed by atoms with Gasteiger partial charge in [0.1, 0.15) is 23.7 Å². The van der Waals surface area contributed by atoms with Crippen molar-refractivity contribution >= 4 is 46.1 Å². The van der Waals surface area contributed by atoms with Gasteiger partial charge in [0.15, 0.2) is 6.23 Å². The lowest BCUT2D eigenvalue weighted by atomic mass is 10.1. The summed E-state index contributed by atoms with van der Waals surface area (Å²) in [5.74, 6) is -0.862. The number of nitrogens with one attached hydrogen (secondary N) is 2. The monoisotopic (exact) mass is 719 g/mol. The molecule has 2 amide bonds. The number of primary amides is 1.